The second-order valence-electron chi connectivity index (χ2n) is 6.41. The second kappa shape index (κ2) is 6.07. The van der Waals surface area contributed by atoms with Crippen LogP contribution in [0.5, 0.6) is 0 Å². The first kappa shape index (κ1) is 16.7. The van der Waals surface area contributed by atoms with E-state index in [1.54, 1.807) is 16.8 Å². The van der Waals surface area contributed by atoms with Crippen LogP contribution in [0.2, 0.25) is 4.34 Å². The van der Waals surface area contributed by atoms with E-state index in [1.807, 2.05) is 32.9 Å². The number of carbonyl (C=O) groups is 1. The highest BCUT2D eigenvalue weighted by molar-refractivity contribution is 7.19. The summed E-state index contributed by atoms with van der Waals surface area (Å²) in [6.45, 7) is 6.36. The monoisotopic (exact) mass is 365 g/mol. The molecule has 0 amide bonds. The van der Waals surface area contributed by atoms with E-state index in [0.29, 0.717) is 22.3 Å². The standard InChI is InChI=1S/C16H16ClN3O3S/c1-16(2,3)13-7-10(15(21)22)18-20(13)8-9-6-11(23-19-9)12-4-5-14(17)24-12/h4-7H,8H2,1-3H3,(H,21,22). The highest BCUT2D eigenvalue weighted by atomic mass is 35.5. The lowest BCUT2D eigenvalue weighted by molar-refractivity contribution is 0.0689. The smallest absolute Gasteiger partial charge is 0.356 e. The summed E-state index contributed by atoms with van der Waals surface area (Å²) in [7, 11) is 0. The van der Waals surface area contributed by atoms with Gasteiger partial charge >= 0.3 is 5.97 Å². The van der Waals surface area contributed by atoms with Gasteiger partial charge in [0.1, 0.15) is 5.69 Å². The molecule has 0 saturated heterocycles. The van der Waals surface area contributed by atoms with Gasteiger partial charge in [-0.2, -0.15) is 5.10 Å². The Bertz CT molecular complexity index is 889. The molecule has 0 radical (unpaired) electrons. The number of nitrogens with zero attached hydrogens (tertiary/aromatic N) is 3. The van der Waals surface area contributed by atoms with Crippen LogP contribution in [0.1, 0.15) is 42.6 Å². The fourth-order valence-corrected chi connectivity index (χ4v) is 3.34. The molecule has 0 spiro atoms. The number of aromatic carboxylic acids is 1. The van der Waals surface area contributed by atoms with Gasteiger partial charge in [0, 0.05) is 17.2 Å². The minimum absolute atomic E-state index is 0.0219. The van der Waals surface area contributed by atoms with Gasteiger partial charge in [-0.05, 0) is 18.2 Å². The number of halogens is 1. The minimum Gasteiger partial charge on any atom is -0.476 e. The molecule has 3 rings (SSSR count). The molecule has 126 valence electrons. The van der Waals surface area contributed by atoms with E-state index in [0.717, 1.165) is 10.6 Å². The molecule has 0 fully saturated rings. The van der Waals surface area contributed by atoms with Crippen LogP contribution in [0, 0.1) is 0 Å². The summed E-state index contributed by atoms with van der Waals surface area (Å²) in [6.07, 6.45) is 0. The van der Waals surface area contributed by atoms with E-state index >= 15 is 0 Å². The number of carboxylic acids is 1. The van der Waals surface area contributed by atoms with Crippen molar-refractivity contribution in [3.8, 4) is 10.6 Å². The van der Waals surface area contributed by atoms with Crippen LogP contribution in [0.3, 0.4) is 0 Å². The zero-order chi connectivity index (χ0) is 17.5. The molecule has 0 atom stereocenters. The molecule has 0 aliphatic rings. The maximum atomic E-state index is 11.2. The maximum absolute atomic E-state index is 11.2. The average Bonchev–Trinajstić information content (AvgIpc) is 3.17. The Hall–Kier alpha value is -2.12. The molecule has 0 bridgehead atoms. The number of aromatic nitrogens is 3. The Morgan fingerprint density at radius 1 is 1.38 bits per heavy atom. The van der Waals surface area contributed by atoms with Gasteiger partial charge in [0.25, 0.3) is 0 Å². The van der Waals surface area contributed by atoms with E-state index < -0.39 is 5.97 Å². The maximum Gasteiger partial charge on any atom is 0.356 e. The van der Waals surface area contributed by atoms with Gasteiger partial charge in [-0.1, -0.05) is 37.5 Å². The van der Waals surface area contributed by atoms with Crippen molar-refractivity contribution in [2.24, 2.45) is 0 Å². The van der Waals surface area contributed by atoms with Gasteiger partial charge in [0.2, 0.25) is 0 Å². The van der Waals surface area contributed by atoms with Gasteiger partial charge in [-0.3, -0.25) is 4.68 Å². The Morgan fingerprint density at radius 2 is 2.12 bits per heavy atom. The summed E-state index contributed by atoms with van der Waals surface area (Å²) < 4.78 is 7.70. The van der Waals surface area contributed by atoms with E-state index in [4.69, 9.17) is 16.1 Å². The van der Waals surface area contributed by atoms with Crippen molar-refractivity contribution in [2.45, 2.75) is 32.7 Å². The fraction of sp³-hybridized carbons (Fsp3) is 0.312. The predicted molar refractivity (Wildman–Crippen MR) is 91.8 cm³/mol. The molecule has 0 unspecified atom stereocenters. The van der Waals surface area contributed by atoms with Crippen LogP contribution in [0.4, 0.5) is 0 Å². The number of thiophene rings is 1. The normalized spacial score (nSPS) is 11.8. The first-order valence-electron chi connectivity index (χ1n) is 7.27. The molecular weight excluding hydrogens is 350 g/mol. The van der Waals surface area contributed by atoms with Crippen LogP contribution < -0.4 is 0 Å². The second-order valence-corrected chi connectivity index (χ2v) is 8.13. The molecule has 24 heavy (non-hydrogen) atoms. The molecule has 3 aromatic heterocycles. The molecule has 1 N–H and O–H groups in total. The summed E-state index contributed by atoms with van der Waals surface area (Å²) in [5.74, 6) is -0.418. The zero-order valence-corrected chi connectivity index (χ0v) is 15.0. The quantitative estimate of drug-likeness (QED) is 0.745. The highest BCUT2D eigenvalue weighted by Crippen LogP contribution is 2.31. The summed E-state index contributed by atoms with van der Waals surface area (Å²) >= 11 is 7.34. The number of rotatable bonds is 4. The van der Waals surface area contributed by atoms with E-state index in [2.05, 4.69) is 10.3 Å². The summed E-state index contributed by atoms with van der Waals surface area (Å²) in [4.78, 5) is 12.1. The molecule has 6 nitrogen and oxygen atoms in total. The van der Waals surface area contributed by atoms with E-state index in [1.165, 1.54) is 11.3 Å². The van der Waals surface area contributed by atoms with Crippen molar-refractivity contribution in [3.05, 3.63) is 45.7 Å². The first-order valence-corrected chi connectivity index (χ1v) is 8.46. The van der Waals surface area contributed by atoms with Crippen molar-refractivity contribution in [1.82, 2.24) is 14.9 Å². The molecule has 0 aliphatic heterocycles. The lowest BCUT2D eigenvalue weighted by atomic mass is 9.92. The molecule has 0 saturated carbocycles. The number of hydrogen-bond acceptors (Lipinski definition) is 5. The third-order valence-corrected chi connectivity index (χ3v) is 4.70. The lowest BCUT2D eigenvalue weighted by Gasteiger charge is -2.19. The third-order valence-electron chi connectivity index (χ3n) is 3.45. The number of hydrogen-bond donors (Lipinski definition) is 1. The van der Waals surface area contributed by atoms with Crippen LogP contribution >= 0.6 is 22.9 Å². The molecule has 3 heterocycles. The Labute approximate surface area is 147 Å². The van der Waals surface area contributed by atoms with Gasteiger partial charge in [-0.25, -0.2) is 4.79 Å². The molecule has 3 aromatic rings. The summed E-state index contributed by atoms with van der Waals surface area (Å²) in [6, 6.07) is 7.08. The van der Waals surface area contributed by atoms with Crippen LogP contribution in [-0.4, -0.2) is 26.0 Å². The Balaban J connectivity index is 1.91. The van der Waals surface area contributed by atoms with Gasteiger partial charge < -0.3 is 9.63 Å². The average molecular weight is 366 g/mol. The molecule has 8 heteroatoms. The Morgan fingerprint density at radius 3 is 2.71 bits per heavy atom. The van der Waals surface area contributed by atoms with E-state index in [-0.39, 0.29) is 11.1 Å². The predicted octanol–water partition coefficient (Wildman–Crippen LogP) is 4.30. The van der Waals surface area contributed by atoms with Crippen molar-refractivity contribution in [1.29, 1.82) is 0 Å². The number of carboxylic acid groups (broad SMARTS) is 1. The first-order chi connectivity index (χ1) is 11.2. The van der Waals surface area contributed by atoms with Crippen molar-refractivity contribution in [2.75, 3.05) is 0 Å². The Kier molecular flexibility index (Phi) is 4.23. The summed E-state index contributed by atoms with van der Waals surface area (Å²) in [5, 5.41) is 17.4. The van der Waals surface area contributed by atoms with Crippen LogP contribution in [-0.2, 0) is 12.0 Å². The zero-order valence-electron chi connectivity index (χ0n) is 13.4. The summed E-state index contributed by atoms with van der Waals surface area (Å²) in [5.41, 5.74) is 1.27. The minimum atomic E-state index is -1.05. The molecular formula is C16H16ClN3O3S. The topological polar surface area (TPSA) is 81.1 Å². The highest BCUT2D eigenvalue weighted by Gasteiger charge is 2.24. The van der Waals surface area contributed by atoms with Gasteiger partial charge in [-0.15, -0.1) is 11.3 Å². The van der Waals surface area contributed by atoms with Gasteiger partial charge in [0.15, 0.2) is 11.5 Å². The SMILES string of the molecule is CC(C)(C)c1cc(C(=O)O)nn1Cc1cc(-c2ccc(Cl)s2)on1. The van der Waals surface area contributed by atoms with Crippen LogP contribution in [0.25, 0.3) is 10.6 Å². The van der Waals surface area contributed by atoms with Crippen molar-refractivity contribution < 1.29 is 14.4 Å². The molecule has 0 aliphatic carbocycles. The largest absolute Gasteiger partial charge is 0.476 e. The fourth-order valence-electron chi connectivity index (χ4n) is 2.35. The van der Waals surface area contributed by atoms with Gasteiger partial charge in [0.05, 0.1) is 15.8 Å². The van der Waals surface area contributed by atoms with E-state index in [9.17, 15) is 9.90 Å². The lowest BCUT2D eigenvalue weighted by Crippen LogP contribution is -2.19. The van der Waals surface area contributed by atoms with Crippen molar-refractivity contribution >= 4 is 28.9 Å². The van der Waals surface area contributed by atoms with Crippen molar-refractivity contribution in [3.63, 3.8) is 0 Å². The molecule has 0 aromatic carbocycles. The van der Waals surface area contributed by atoms with Crippen LogP contribution in [0.15, 0.2) is 28.8 Å². The third kappa shape index (κ3) is 3.37.